The van der Waals surface area contributed by atoms with Gasteiger partial charge in [-0.15, -0.1) is 0 Å². The lowest BCUT2D eigenvalue weighted by Gasteiger charge is -2.14. The highest BCUT2D eigenvalue weighted by Crippen LogP contribution is 2.25. The van der Waals surface area contributed by atoms with Crippen molar-refractivity contribution in [1.82, 2.24) is 9.69 Å². The molecule has 0 radical (unpaired) electrons. The van der Waals surface area contributed by atoms with Crippen LogP contribution in [0.2, 0.25) is 0 Å². The molecule has 5 nitrogen and oxygen atoms in total. The first-order valence-electron chi connectivity index (χ1n) is 7.69. The topological polar surface area (TPSA) is 80.0 Å². The van der Waals surface area contributed by atoms with Gasteiger partial charge in [-0.1, -0.05) is 26.0 Å². The molecule has 1 aromatic carbocycles. The zero-order chi connectivity index (χ0) is 15.9. The van der Waals surface area contributed by atoms with E-state index >= 15 is 0 Å². The van der Waals surface area contributed by atoms with Crippen LogP contribution in [0.25, 0.3) is 10.1 Å². The van der Waals surface area contributed by atoms with Crippen molar-refractivity contribution in [3.8, 4) is 0 Å². The Morgan fingerprint density at radius 2 is 2.09 bits per heavy atom. The molecule has 1 amide bonds. The molecular weight excluding hydrogens is 296 g/mol. The van der Waals surface area contributed by atoms with E-state index in [2.05, 4.69) is 41.0 Å². The molecule has 1 atom stereocenters. The number of carbonyl (C=O) groups excluding carboxylic acids is 1. The van der Waals surface area contributed by atoms with E-state index in [1.54, 1.807) is 0 Å². The molecule has 6 heteroatoms. The molecule has 0 saturated carbocycles. The number of fused-ring (bicyclic) bond motifs is 1. The third kappa shape index (κ3) is 4.68. The van der Waals surface area contributed by atoms with Crippen molar-refractivity contribution in [2.24, 2.45) is 11.7 Å². The summed E-state index contributed by atoms with van der Waals surface area (Å²) in [5.41, 5.74) is 5.84. The number of hydrogen-bond donors (Lipinski definition) is 3. The maximum atomic E-state index is 11.8. The van der Waals surface area contributed by atoms with Gasteiger partial charge in [-0.05, 0) is 42.4 Å². The summed E-state index contributed by atoms with van der Waals surface area (Å²) in [7, 11) is 0. The van der Waals surface area contributed by atoms with Crippen LogP contribution < -0.4 is 16.4 Å². The number of aromatic nitrogens is 1. The smallest absolute Gasteiger partial charge is 0.236 e. The van der Waals surface area contributed by atoms with Gasteiger partial charge in [-0.2, -0.15) is 4.37 Å². The summed E-state index contributed by atoms with van der Waals surface area (Å²) in [6, 6.07) is 7.75. The van der Waals surface area contributed by atoms with E-state index in [0.29, 0.717) is 12.5 Å². The number of amides is 1. The van der Waals surface area contributed by atoms with Crippen molar-refractivity contribution < 1.29 is 4.79 Å². The lowest BCUT2D eigenvalue weighted by atomic mass is 10.0. The van der Waals surface area contributed by atoms with Crippen molar-refractivity contribution in [2.45, 2.75) is 32.7 Å². The van der Waals surface area contributed by atoms with E-state index in [1.165, 1.54) is 16.2 Å². The molecule has 120 valence electrons. The number of nitrogens with zero attached hydrogens (tertiary/aromatic N) is 1. The molecule has 1 aromatic heterocycles. The van der Waals surface area contributed by atoms with E-state index in [4.69, 9.17) is 5.73 Å². The quantitative estimate of drug-likeness (QED) is 0.653. The van der Waals surface area contributed by atoms with E-state index in [1.807, 2.05) is 12.1 Å². The van der Waals surface area contributed by atoms with Gasteiger partial charge in [-0.25, -0.2) is 0 Å². The van der Waals surface area contributed by atoms with E-state index < -0.39 is 6.04 Å². The third-order valence-corrected chi connectivity index (χ3v) is 4.21. The van der Waals surface area contributed by atoms with Crippen LogP contribution in [0.3, 0.4) is 0 Å². The monoisotopic (exact) mass is 320 g/mol. The van der Waals surface area contributed by atoms with Crippen LogP contribution in [0.15, 0.2) is 24.3 Å². The SMILES string of the molecule is CC(C)CC(N)C(=O)NCCCNc1nsc2ccccc12. The highest BCUT2D eigenvalue weighted by molar-refractivity contribution is 7.13. The highest BCUT2D eigenvalue weighted by Gasteiger charge is 2.13. The largest absolute Gasteiger partial charge is 0.369 e. The normalized spacial score (nSPS) is 12.5. The Balaban J connectivity index is 1.68. The Labute approximate surface area is 135 Å². The van der Waals surface area contributed by atoms with Crippen molar-refractivity contribution in [3.05, 3.63) is 24.3 Å². The second-order valence-electron chi connectivity index (χ2n) is 5.83. The zero-order valence-corrected chi connectivity index (χ0v) is 14.0. The predicted molar refractivity (Wildman–Crippen MR) is 93.2 cm³/mol. The molecule has 0 fully saturated rings. The van der Waals surface area contributed by atoms with Crippen LogP contribution >= 0.6 is 11.5 Å². The second-order valence-corrected chi connectivity index (χ2v) is 6.64. The maximum absolute atomic E-state index is 11.8. The van der Waals surface area contributed by atoms with Crippen LogP contribution in [-0.2, 0) is 4.79 Å². The second kappa shape index (κ2) is 8.10. The minimum absolute atomic E-state index is 0.0622. The summed E-state index contributed by atoms with van der Waals surface area (Å²) in [5, 5.41) is 7.35. The fraction of sp³-hybridized carbons (Fsp3) is 0.500. The van der Waals surface area contributed by atoms with Crippen molar-refractivity contribution >= 4 is 33.3 Å². The minimum atomic E-state index is -0.407. The zero-order valence-electron chi connectivity index (χ0n) is 13.1. The molecule has 2 rings (SSSR count). The lowest BCUT2D eigenvalue weighted by Crippen LogP contribution is -2.41. The number of nitrogens with two attached hydrogens (primary N) is 1. The van der Waals surface area contributed by atoms with E-state index in [-0.39, 0.29) is 5.91 Å². The van der Waals surface area contributed by atoms with Crippen LogP contribution in [-0.4, -0.2) is 29.4 Å². The molecule has 0 bridgehead atoms. The first kappa shape index (κ1) is 16.7. The summed E-state index contributed by atoms with van der Waals surface area (Å²) in [4.78, 5) is 11.8. The van der Waals surface area contributed by atoms with Gasteiger partial charge < -0.3 is 16.4 Å². The minimum Gasteiger partial charge on any atom is -0.369 e. The van der Waals surface area contributed by atoms with E-state index in [0.717, 1.165) is 30.6 Å². The van der Waals surface area contributed by atoms with Gasteiger partial charge in [0.05, 0.1) is 10.7 Å². The Morgan fingerprint density at radius 1 is 1.32 bits per heavy atom. The maximum Gasteiger partial charge on any atom is 0.236 e. The number of rotatable bonds is 8. The average molecular weight is 320 g/mol. The number of anilines is 1. The summed E-state index contributed by atoms with van der Waals surface area (Å²) < 4.78 is 5.59. The molecule has 1 unspecified atom stereocenters. The number of carbonyl (C=O) groups is 1. The first-order valence-corrected chi connectivity index (χ1v) is 8.47. The molecule has 0 saturated heterocycles. The summed E-state index contributed by atoms with van der Waals surface area (Å²) in [5.74, 6) is 1.29. The average Bonchev–Trinajstić information content (AvgIpc) is 2.89. The van der Waals surface area contributed by atoms with Crippen molar-refractivity contribution in [2.75, 3.05) is 18.4 Å². The Bertz CT molecular complexity index is 611. The summed E-state index contributed by atoms with van der Waals surface area (Å²) in [6.07, 6.45) is 1.56. The lowest BCUT2D eigenvalue weighted by molar-refractivity contribution is -0.122. The standard InChI is InChI=1S/C16H24N4OS/c1-11(2)10-13(17)16(21)19-9-5-8-18-15-12-6-3-4-7-14(12)22-20-15/h3-4,6-7,11,13H,5,8-10,17H2,1-2H3,(H,18,20)(H,19,21). The number of nitrogens with one attached hydrogen (secondary N) is 2. The van der Waals surface area contributed by atoms with Gasteiger partial charge >= 0.3 is 0 Å². The van der Waals surface area contributed by atoms with Crippen LogP contribution in [0.4, 0.5) is 5.82 Å². The molecule has 4 N–H and O–H groups in total. The van der Waals surface area contributed by atoms with Gasteiger partial charge in [-0.3, -0.25) is 4.79 Å². The van der Waals surface area contributed by atoms with Crippen molar-refractivity contribution in [3.63, 3.8) is 0 Å². The molecular formula is C16H24N4OS. The summed E-state index contributed by atoms with van der Waals surface area (Å²) >= 11 is 1.49. The Kier molecular flexibility index (Phi) is 6.15. The molecule has 22 heavy (non-hydrogen) atoms. The van der Waals surface area contributed by atoms with Crippen LogP contribution in [0.1, 0.15) is 26.7 Å². The van der Waals surface area contributed by atoms with Crippen LogP contribution in [0, 0.1) is 5.92 Å². The van der Waals surface area contributed by atoms with Gasteiger partial charge in [0.1, 0.15) is 5.82 Å². The van der Waals surface area contributed by atoms with Gasteiger partial charge in [0.25, 0.3) is 0 Å². The number of hydrogen-bond acceptors (Lipinski definition) is 5. The third-order valence-electron chi connectivity index (χ3n) is 3.38. The fourth-order valence-corrected chi connectivity index (χ4v) is 3.02. The van der Waals surface area contributed by atoms with Crippen LogP contribution in [0.5, 0.6) is 0 Å². The molecule has 1 heterocycles. The summed E-state index contributed by atoms with van der Waals surface area (Å²) in [6.45, 7) is 5.53. The van der Waals surface area contributed by atoms with Crippen molar-refractivity contribution in [1.29, 1.82) is 0 Å². The molecule has 0 spiro atoms. The van der Waals surface area contributed by atoms with Gasteiger partial charge in [0.15, 0.2) is 0 Å². The molecule has 2 aromatic rings. The number of benzene rings is 1. The molecule has 0 aliphatic rings. The molecule has 0 aliphatic carbocycles. The van der Waals surface area contributed by atoms with Gasteiger partial charge in [0, 0.05) is 18.5 Å². The molecule has 0 aliphatic heterocycles. The highest BCUT2D eigenvalue weighted by atomic mass is 32.1. The Hall–Kier alpha value is -1.66. The van der Waals surface area contributed by atoms with E-state index in [9.17, 15) is 4.79 Å². The van der Waals surface area contributed by atoms with Gasteiger partial charge in [0.2, 0.25) is 5.91 Å². The first-order chi connectivity index (χ1) is 10.6. The fourth-order valence-electron chi connectivity index (χ4n) is 2.27. The predicted octanol–water partition coefficient (Wildman–Crippen LogP) is 2.59. The Morgan fingerprint density at radius 3 is 2.86 bits per heavy atom.